The number of hydrogen-bond donors (Lipinski definition) is 2. The molecule has 1 aromatic carbocycles. The minimum absolute atomic E-state index is 0.0519. The number of piperidine rings is 1. The summed E-state index contributed by atoms with van der Waals surface area (Å²) in [5, 5.41) is 5.68. The van der Waals surface area contributed by atoms with Crippen molar-refractivity contribution in [2.45, 2.75) is 50.5 Å². The summed E-state index contributed by atoms with van der Waals surface area (Å²) in [6, 6.07) is 8.49. The molecule has 0 spiro atoms. The second-order valence-corrected chi connectivity index (χ2v) is 10.1. The van der Waals surface area contributed by atoms with Crippen molar-refractivity contribution in [3.63, 3.8) is 0 Å². The van der Waals surface area contributed by atoms with E-state index in [1.165, 1.54) is 10.4 Å². The fourth-order valence-corrected chi connectivity index (χ4v) is 5.71. The highest BCUT2D eigenvalue weighted by Crippen LogP contribution is 2.29. The maximum Gasteiger partial charge on any atom is 0.243 e. The number of fused-ring (bicyclic) bond motifs is 1. The average molecular weight is 446 g/mol. The van der Waals surface area contributed by atoms with Crippen LogP contribution in [-0.2, 0) is 32.6 Å². The number of sulfonamides is 1. The van der Waals surface area contributed by atoms with Crippen LogP contribution < -0.4 is 10.6 Å². The Labute approximate surface area is 182 Å². The van der Waals surface area contributed by atoms with Crippen LogP contribution in [0.3, 0.4) is 0 Å². The van der Waals surface area contributed by atoms with Gasteiger partial charge in [-0.1, -0.05) is 0 Å². The Morgan fingerprint density at radius 3 is 2.84 bits per heavy atom. The lowest BCUT2D eigenvalue weighted by molar-refractivity contribution is -0.126. The molecule has 4 rings (SSSR count). The highest BCUT2D eigenvalue weighted by atomic mass is 32.2. The van der Waals surface area contributed by atoms with Gasteiger partial charge in [0.25, 0.3) is 0 Å². The van der Waals surface area contributed by atoms with E-state index < -0.39 is 15.9 Å². The summed E-state index contributed by atoms with van der Waals surface area (Å²) in [5.41, 5.74) is 1.50. The number of anilines is 1. The van der Waals surface area contributed by atoms with Gasteiger partial charge in [0.2, 0.25) is 21.8 Å². The highest BCUT2D eigenvalue weighted by Gasteiger charge is 2.33. The molecule has 1 unspecified atom stereocenters. The molecule has 2 amide bonds. The monoisotopic (exact) mass is 445 g/mol. The van der Waals surface area contributed by atoms with Crippen LogP contribution in [0.15, 0.2) is 39.6 Å². The molecule has 2 aromatic rings. The highest BCUT2D eigenvalue weighted by molar-refractivity contribution is 7.89. The van der Waals surface area contributed by atoms with Crippen LogP contribution in [0, 0.1) is 12.8 Å². The first kappa shape index (κ1) is 21.6. The number of aryl methyl sites for hydroxylation is 2. The van der Waals surface area contributed by atoms with Crippen LogP contribution in [-0.4, -0.2) is 37.6 Å². The molecular formula is C22H27N3O5S. The Balaban J connectivity index is 1.45. The summed E-state index contributed by atoms with van der Waals surface area (Å²) in [4.78, 5) is 24.6. The largest absolute Gasteiger partial charge is 0.465 e. The van der Waals surface area contributed by atoms with E-state index in [4.69, 9.17) is 4.42 Å². The van der Waals surface area contributed by atoms with E-state index in [0.717, 1.165) is 11.3 Å². The van der Waals surface area contributed by atoms with Crippen LogP contribution in [0.1, 0.15) is 42.8 Å². The molecule has 2 N–H and O–H groups in total. The predicted molar refractivity (Wildman–Crippen MR) is 115 cm³/mol. The quantitative estimate of drug-likeness (QED) is 0.735. The molecule has 0 aliphatic carbocycles. The van der Waals surface area contributed by atoms with Crippen molar-refractivity contribution in [2.75, 3.05) is 18.4 Å². The van der Waals surface area contributed by atoms with Gasteiger partial charge in [0.1, 0.15) is 11.5 Å². The third-order valence-electron chi connectivity index (χ3n) is 5.83. The van der Waals surface area contributed by atoms with Gasteiger partial charge < -0.3 is 15.1 Å². The van der Waals surface area contributed by atoms with E-state index in [1.54, 1.807) is 12.1 Å². The molecule has 1 saturated heterocycles. The van der Waals surface area contributed by atoms with E-state index in [0.29, 0.717) is 50.1 Å². The van der Waals surface area contributed by atoms with Gasteiger partial charge in [-0.05, 0) is 68.5 Å². The first-order valence-electron chi connectivity index (χ1n) is 10.6. The SMILES string of the molecule is Cc1ccc(CNC(=O)C2CCCN(S(=O)(=O)c3ccc4c(c3)CCCC(=O)N4)C2)o1. The number of furan rings is 1. The second kappa shape index (κ2) is 8.84. The topological polar surface area (TPSA) is 109 Å². The number of amides is 2. The van der Waals surface area contributed by atoms with Crippen molar-refractivity contribution < 1.29 is 22.4 Å². The first-order chi connectivity index (χ1) is 14.8. The van der Waals surface area contributed by atoms with Crippen molar-refractivity contribution in [1.82, 2.24) is 9.62 Å². The molecule has 0 bridgehead atoms. The van der Waals surface area contributed by atoms with Crippen molar-refractivity contribution in [3.05, 3.63) is 47.4 Å². The van der Waals surface area contributed by atoms with Crippen molar-refractivity contribution in [1.29, 1.82) is 0 Å². The average Bonchev–Trinajstić information content (AvgIpc) is 3.08. The molecule has 1 atom stereocenters. The van der Waals surface area contributed by atoms with Crippen LogP contribution in [0.5, 0.6) is 0 Å². The van der Waals surface area contributed by atoms with Gasteiger partial charge in [0.05, 0.1) is 17.4 Å². The fourth-order valence-electron chi connectivity index (χ4n) is 4.13. The summed E-state index contributed by atoms with van der Waals surface area (Å²) in [6.07, 6.45) is 3.03. The van der Waals surface area contributed by atoms with Crippen molar-refractivity contribution >= 4 is 27.5 Å². The molecule has 9 heteroatoms. The van der Waals surface area contributed by atoms with Crippen molar-refractivity contribution in [3.8, 4) is 0 Å². The fraction of sp³-hybridized carbons (Fsp3) is 0.455. The molecular weight excluding hydrogens is 418 g/mol. The molecule has 2 aliphatic heterocycles. The number of nitrogens with one attached hydrogen (secondary N) is 2. The molecule has 1 fully saturated rings. The summed E-state index contributed by atoms with van der Waals surface area (Å²) < 4.78 is 33.4. The third-order valence-corrected chi connectivity index (χ3v) is 7.69. The van der Waals surface area contributed by atoms with E-state index >= 15 is 0 Å². The molecule has 1 aromatic heterocycles. The molecule has 3 heterocycles. The zero-order chi connectivity index (χ0) is 22.0. The number of carbonyl (C=O) groups is 2. The standard InChI is InChI=1S/C22H27N3O5S/c1-15-7-8-18(30-15)13-23-22(27)17-5-3-11-25(14-17)31(28,29)19-9-10-20-16(12-19)4-2-6-21(26)24-20/h7-10,12,17H,2-6,11,13-14H2,1H3,(H,23,27)(H,24,26). The lowest BCUT2D eigenvalue weighted by atomic mass is 9.99. The van der Waals surface area contributed by atoms with Gasteiger partial charge in [-0.25, -0.2) is 8.42 Å². The van der Waals surface area contributed by atoms with Crippen LogP contribution >= 0.6 is 0 Å². The predicted octanol–water partition coefficient (Wildman–Crippen LogP) is 2.58. The van der Waals surface area contributed by atoms with Crippen LogP contribution in [0.2, 0.25) is 0 Å². The van der Waals surface area contributed by atoms with E-state index in [9.17, 15) is 18.0 Å². The third kappa shape index (κ3) is 4.83. The Hall–Kier alpha value is -2.65. The summed E-state index contributed by atoms with van der Waals surface area (Å²) in [5.74, 6) is 0.824. The van der Waals surface area contributed by atoms with Gasteiger partial charge in [-0.15, -0.1) is 0 Å². The number of benzene rings is 1. The van der Waals surface area contributed by atoms with Crippen molar-refractivity contribution in [2.24, 2.45) is 5.92 Å². The summed E-state index contributed by atoms with van der Waals surface area (Å²) in [7, 11) is -3.73. The zero-order valence-corrected chi connectivity index (χ0v) is 18.3. The Kier molecular flexibility index (Phi) is 6.15. The Bertz CT molecular complexity index is 1090. The maximum atomic E-state index is 13.3. The summed E-state index contributed by atoms with van der Waals surface area (Å²) >= 11 is 0. The Morgan fingerprint density at radius 2 is 2.06 bits per heavy atom. The van der Waals surface area contributed by atoms with E-state index in [2.05, 4.69) is 10.6 Å². The van der Waals surface area contributed by atoms with Gasteiger partial charge >= 0.3 is 0 Å². The van der Waals surface area contributed by atoms with E-state index in [1.807, 2.05) is 19.1 Å². The zero-order valence-electron chi connectivity index (χ0n) is 17.5. The first-order valence-corrected chi connectivity index (χ1v) is 12.0. The number of hydrogen-bond acceptors (Lipinski definition) is 5. The van der Waals surface area contributed by atoms with Gasteiger partial charge in [0, 0.05) is 25.2 Å². The smallest absolute Gasteiger partial charge is 0.243 e. The Morgan fingerprint density at radius 1 is 1.23 bits per heavy atom. The minimum Gasteiger partial charge on any atom is -0.465 e. The van der Waals surface area contributed by atoms with Crippen LogP contribution in [0.25, 0.3) is 0 Å². The van der Waals surface area contributed by atoms with Gasteiger partial charge in [0.15, 0.2) is 0 Å². The van der Waals surface area contributed by atoms with Gasteiger partial charge in [-0.3, -0.25) is 9.59 Å². The molecule has 0 saturated carbocycles. The molecule has 0 radical (unpaired) electrons. The summed E-state index contributed by atoms with van der Waals surface area (Å²) in [6.45, 7) is 2.66. The lowest BCUT2D eigenvalue weighted by Gasteiger charge is -2.31. The van der Waals surface area contributed by atoms with Crippen LogP contribution in [0.4, 0.5) is 5.69 Å². The maximum absolute atomic E-state index is 13.3. The molecule has 2 aliphatic rings. The van der Waals surface area contributed by atoms with Gasteiger partial charge in [-0.2, -0.15) is 4.31 Å². The number of nitrogens with zero attached hydrogens (tertiary/aromatic N) is 1. The molecule has 8 nitrogen and oxygen atoms in total. The number of rotatable bonds is 5. The van der Waals surface area contributed by atoms with E-state index in [-0.39, 0.29) is 29.8 Å². The molecule has 31 heavy (non-hydrogen) atoms. The number of carbonyl (C=O) groups excluding carboxylic acids is 2. The normalized spacial score (nSPS) is 19.9. The minimum atomic E-state index is -3.73. The lowest BCUT2D eigenvalue weighted by Crippen LogP contribution is -2.45. The molecule has 166 valence electrons. The second-order valence-electron chi connectivity index (χ2n) is 8.15.